The molecular formula is C13H13BrN4O. The molecule has 6 heteroatoms. The zero-order chi connectivity index (χ0) is 13.7. The van der Waals surface area contributed by atoms with Crippen LogP contribution >= 0.6 is 15.9 Å². The molecule has 98 valence electrons. The van der Waals surface area contributed by atoms with Crippen molar-refractivity contribution in [3.63, 3.8) is 0 Å². The monoisotopic (exact) mass is 320 g/mol. The molecule has 0 aliphatic rings. The van der Waals surface area contributed by atoms with Gasteiger partial charge in [-0.1, -0.05) is 0 Å². The number of carbonyl (C=O) groups is 1. The number of carbonyl (C=O) groups excluding carboxylic acids is 1. The van der Waals surface area contributed by atoms with E-state index in [2.05, 4.69) is 36.5 Å². The fourth-order valence-electron chi connectivity index (χ4n) is 1.56. The van der Waals surface area contributed by atoms with Gasteiger partial charge in [0.05, 0.1) is 15.7 Å². The van der Waals surface area contributed by atoms with Crippen LogP contribution in [0.1, 0.15) is 17.3 Å². The molecule has 2 aromatic heterocycles. The summed E-state index contributed by atoms with van der Waals surface area (Å²) in [7, 11) is 0. The van der Waals surface area contributed by atoms with Crippen LogP contribution in [-0.2, 0) is 0 Å². The van der Waals surface area contributed by atoms with Crippen LogP contribution in [0.15, 0.2) is 41.3 Å². The van der Waals surface area contributed by atoms with Crippen molar-refractivity contribution in [3.8, 4) is 0 Å². The molecule has 2 rings (SSSR count). The van der Waals surface area contributed by atoms with Gasteiger partial charge in [-0.25, -0.2) is 4.98 Å². The van der Waals surface area contributed by atoms with Crippen molar-refractivity contribution in [1.82, 2.24) is 9.97 Å². The zero-order valence-electron chi connectivity index (χ0n) is 10.4. The number of hydrogen-bond donors (Lipinski definition) is 2. The van der Waals surface area contributed by atoms with Crippen LogP contribution in [0.3, 0.4) is 0 Å². The van der Waals surface area contributed by atoms with Gasteiger partial charge in [0.15, 0.2) is 0 Å². The number of halogens is 1. The molecule has 0 aromatic carbocycles. The third-order valence-corrected chi connectivity index (χ3v) is 3.05. The lowest BCUT2D eigenvalue weighted by atomic mass is 10.2. The maximum absolute atomic E-state index is 12.2. The van der Waals surface area contributed by atoms with E-state index in [0.29, 0.717) is 23.6 Å². The second kappa shape index (κ2) is 6.29. The predicted molar refractivity (Wildman–Crippen MR) is 78.3 cm³/mol. The van der Waals surface area contributed by atoms with Gasteiger partial charge in [-0.2, -0.15) is 0 Å². The summed E-state index contributed by atoms with van der Waals surface area (Å²) in [6.45, 7) is 2.66. The molecule has 2 N–H and O–H groups in total. The molecule has 5 nitrogen and oxygen atoms in total. The summed E-state index contributed by atoms with van der Waals surface area (Å²) in [6.07, 6.45) is 4.90. The van der Waals surface area contributed by atoms with Crippen LogP contribution < -0.4 is 10.6 Å². The molecular weight excluding hydrogens is 308 g/mol. The minimum Gasteiger partial charge on any atom is -0.370 e. The Kier molecular flexibility index (Phi) is 4.46. The first-order chi connectivity index (χ1) is 9.22. The Morgan fingerprint density at radius 3 is 2.95 bits per heavy atom. The van der Waals surface area contributed by atoms with E-state index in [1.54, 1.807) is 36.8 Å². The van der Waals surface area contributed by atoms with Gasteiger partial charge in [-0.3, -0.25) is 9.78 Å². The summed E-state index contributed by atoms with van der Waals surface area (Å²) < 4.78 is 0.734. The standard InChI is InChI=1S/C13H13BrN4O/c1-2-16-12-9(4-3-6-17-12)13(19)18-11-5-7-15-8-10(11)14/h3-8H,2H2,1H3,(H,16,17)(H,15,18,19). The second-order valence-electron chi connectivity index (χ2n) is 3.74. The van der Waals surface area contributed by atoms with E-state index in [1.165, 1.54) is 0 Å². The van der Waals surface area contributed by atoms with Crippen LogP contribution in [0, 0.1) is 0 Å². The van der Waals surface area contributed by atoms with E-state index in [1.807, 2.05) is 6.92 Å². The molecule has 2 heterocycles. The fraction of sp³-hybridized carbons (Fsp3) is 0.154. The maximum atomic E-state index is 12.2. The number of aromatic nitrogens is 2. The Balaban J connectivity index is 2.23. The molecule has 0 aliphatic carbocycles. The first kappa shape index (κ1) is 13.5. The summed E-state index contributed by atoms with van der Waals surface area (Å²) in [4.78, 5) is 20.3. The van der Waals surface area contributed by atoms with Gasteiger partial charge in [0.1, 0.15) is 5.82 Å². The normalized spacial score (nSPS) is 10.0. The van der Waals surface area contributed by atoms with Crippen molar-refractivity contribution in [2.24, 2.45) is 0 Å². The highest BCUT2D eigenvalue weighted by Gasteiger charge is 2.12. The minimum absolute atomic E-state index is 0.212. The van der Waals surface area contributed by atoms with Crippen LogP contribution in [0.5, 0.6) is 0 Å². The average molecular weight is 321 g/mol. The van der Waals surface area contributed by atoms with Gasteiger partial charge in [0.25, 0.3) is 5.91 Å². The Morgan fingerprint density at radius 1 is 1.37 bits per heavy atom. The third kappa shape index (κ3) is 3.29. The van der Waals surface area contributed by atoms with Crippen LogP contribution in [0.4, 0.5) is 11.5 Å². The summed E-state index contributed by atoms with van der Waals surface area (Å²) in [5.74, 6) is 0.364. The number of hydrogen-bond acceptors (Lipinski definition) is 4. The number of anilines is 2. The molecule has 0 fully saturated rings. The quantitative estimate of drug-likeness (QED) is 0.909. The van der Waals surface area contributed by atoms with Gasteiger partial charge in [0, 0.05) is 25.1 Å². The highest BCUT2D eigenvalue weighted by molar-refractivity contribution is 9.10. The van der Waals surface area contributed by atoms with Gasteiger partial charge in [0.2, 0.25) is 0 Å². The molecule has 0 saturated carbocycles. The van der Waals surface area contributed by atoms with Crippen LogP contribution in [0.25, 0.3) is 0 Å². The van der Waals surface area contributed by atoms with Crippen molar-refractivity contribution in [1.29, 1.82) is 0 Å². The zero-order valence-corrected chi connectivity index (χ0v) is 11.9. The van der Waals surface area contributed by atoms with E-state index >= 15 is 0 Å². The van der Waals surface area contributed by atoms with Gasteiger partial charge in [-0.05, 0) is 41.1 Å². The topological polar surface area (TPSA) is 66.9 Å². The van der Waals surface area contributed by atoms with Crippen molar-refractivity contribution in [2.75, 3.05) is 17.2 Å². The smallest absolute Gasteiger partial charge is 0.259 e. The molecule has 1 amide bonds. The van der Waals surface area contributed by atoms with E-state index in [9.17, 15) is 4.79 Å². The molecule has 19 heavy (non-hydrogen) atoms. The summed E-state index contributed by atoms with van der Waals surface area (Å²) in [5.41, 5.74) is 1.18. The number of nitrogens with zero attached hydrogens (tertiary/aromatic N) is 2. The number of amides is 1. The van der Waals surface area contributed by atoms with E-state index in [-0.39, 0.29) is 5.91 Å². The fourth-order valence-corrected chi connectivity index (χ4v) is 1.91. The van der Waals surface area contributed by atoms with Gasteiger partial charge >= 0.3 is 0 Å². The predicted octanol–water partition coefficient (Wildman–Crippen LogP) is 2.92. The number of rotatable bonds is 4. The van der Waals surface area contributed by atoms with Crippen molar-refractivity contribution < 1.29 is 4.79 Å². The maximum Gasteiger partial charge on any atom is 0.259 e. The van der Waals surface area contributed by atoms with Crippen molar-refractivity contribution in [2.45, 2.75) is 6.92 Å². The summed E-state index contributed by atoms with van der Waals surface area (Å²) >= 11 is 3.34. The largest absolute Gasteiger partial charge is 0.370 e. The molecule has 0 atom stereocenters. The SMILES string of the molecule is CCNc1ncccc1C(=O)Nc1ccncc1Br. The molecule has 0 bridgehead atoms. The number of pyridine rings is 2. The van der Waals surface area contributed by atoms with Crippen molar-refractivity contribution >= 4 is 33.3 Å². The lowest BCUT2D eigenvalue weighted by Crippen LogP contribution is -2.16. The highest BCUT2D eigenvalue weighted by atomic mass is 79.9. The molecule has 0 aliphatic heterocycles. The Bertz CT molecular complexity index is 588. The summed E-state index contributed by atoms with van der Waals surface area (Å²) in [6, 6.07) is 5.19. The highest BCUT2D eigenvalue weighted by Crippen LogP contribution is 2.21. The van der Waals surface area contributed by atoms with Gasteiger partial charge < -0.3 is 10.6 Å². The van der Waals surface area contributed by atoms with Gasteiger partial charge in [-0.15, -0.1) is 0 Å². The lowest BCUT2D eigenvalue weighted by molar-refractivity contribution is 0.102. The average Bonchev–Trinajstić information content (AvgIpc) is 2.42. The molecule has 0 spiro atoms. The molecule has 0 saturated heterocycles. The lowest BCUT2D eigenvalue weighted by Gasteiger charge is -2.10. The van der Waals surface area contributed by atoms with Crippen molar-refractivity contribution in [3.05, 3.63) is 46.8 Å². The molecule has 0 unspecified atom stereocenters. The third-order valence-electron chi connectivity index (χ3n) is 2.42. The Hall–Kier alpha value is -1.95. The Morgan fingerprint density at radius 2 is 2.21 bits per heavy atom. The van der Waals surface area contributed by atoms with E-state index in [4.69, 9.17) is 0 Å². The number of nitrogens with one attached hydrogen (secondary N) is 2. The second-order valence-corrected chi connectivity index (χ2v) is 4.59. The molecule has 0 radical (unpaired) electrons. The minimum atomic E-state index is -0.212. The van der Waals surface area contributed by atoms with E-state index in [0.717, 1.165) is 4.47 Å². The first-order valence-corrected chi connectivity index (χ1v) is 6.61. The first-order valence-electron chi connectivity index (χ1n) is 5.82. The van der Waals surface area contributed by atoms with E-state index < -0.39 is 0 Å². The summed E-state index contributed by atoms with van der Waals surface area (Å²) in [5, 5.41) is 5.88. The van der Waals surface area contributed by atoms with Crippen LogP contribution in [-0.4, -0.2) is 22.4 Å². The Labute approximate surface area is 119 Å². The molecule has 2 aromatic rings. The van der Waals surface area contributed by atoms with Crippen LogP contribution in [0.2, 0.25) is 0 Å².